The molecule has 1 fully saturated rings. The summed E-state index contributed by atoms with van der Waals surface area (Å²) >= 11 is 0.981. The van der Waals surface area contributed by atoms with Crippen molar-refractivity contribution in [1.29, 1.82) is 5.41 Å². The molecule has 54 heavy (non-hydrogen) atoms. The fraction of sp³-hybridized carbons (Fsp3) is 0.414. The zero-order chi connectivity index (χ0) is 40.8. The number of carbonyl (C=O) groups excluding carboxylic acids is 3. The van der Waals surface area contributed by atoms with Gasteiger partial charge in [0, 0.05) is 38.0 Å². The largest absolute Gasteiger partial charge is 0.542 e. The molecule has 8 N–H and O–H groups in total. The quantitative estimate of drug-likeness (QED) is 0.0509. The van der Waals surface area contributed by atoms with Crippen molar-refractivity contribution in [2.45, 2.75) is 51.1 Å². The number of aromatic nitrogens is 3. The van der Waals surface area contributed by atoms with Crippen molar-refractivity contribution in [2.75, 3.05) is 18.9 Å². The second-order valence-electron chi connectivity index (χ2n) is 11.8. The third kappa shape index (κ3) is 10.8. The highest BCUT2D eigenvalue weighted by Crippen LogP contribution is 2.40. The number of aliphatic carboxylic acids is 2. The van der Waals surface area contributed by atoms with Crippen molar-refractivity contribution >= 4 is 56.2 Å². The number of aryl methyl sites for hydroxylation is 1. The van der Waals surface area contributed by atoms with Crippen LogP contribution in [-0.2, 0) is 52.3 Å². The first-order valence-corrected chi connectivity index (χ1v) is 17.6. The predicted octanol–water partition coefficient (Wildman–Crippen LogP) is -0.874. The summed E-state index contributed by atoms with van der Waals surface area (Å²) in [5.41, 5.74) is 9.73. The average Bonchev–Trinajstić information content (AvgIpc) is 3.63. The highest BCUT2D eigenvalue weighted by Gasteiger charge is 2.57. The van der Waals surface area contributed by atoms with Gasteiger partial charge in [-0.05, 0) is 43.7 Å². The lowest BCUT2D eigenvalue weighted by atomic mass is 9.74. The minimum atomic E-state index is -5.19. The van der Waals surface area contributed by atoms with E-state index >= 15 is 0 Å². The summed E-state index contributed by atoms with van der Waals surface area (Å²) in [4.78, 5) is 55.9. The number of carbonyl (C=O) groups is 4. The van der Waals surface area contributed by atoms with Crippen molar-refractivity contribution in [2.24, 2.45) is 18.1 Å². The molecule has 296 valence electrons. The minimum Gasteiger partial charge on any atom is -0.542 e. The number of hydroxylamine groups is 2. The van der Waals surface area contributed by atoms with Crippen LogP contribution >= 0.6 is 11.3 Å². The van der Waals surface area contributed by atoms with Crippen LogP contribution < -0.4 is 26.9 Å². The van der Waals surface area contributed by atoms with Crippen LogP contribution in [0.1, 0.15) is 32.4 Å². The lowest BCUT2D eigenvalue weighted by Gasteiger charge is -2.50. The third-order valence-corrected chi connectivity index (χ3v) is 8.68. The number of hydrogen-bond acceptors (Lipinski definition) is 15. The summed E-state index contributed by atoms with van der Waals surface area (Å²) in [6, 6.07) is 6.79. The number of quaternary nitrogens is 1. The van der Waals surface area contributed by atoms with E-state index in [-0.39, 0.29) is 10.8 Å². The van der Waals surface area contributed by atoms with Gasteiger partial charge in [-0.25, -0.2) is 9.78 Å². The highest BCUT2D eigenvalue weighted by atomic mass is 32.3. The fourth-order valence-corrected chi connectivity index (χ4v) is 5.77. The van der Waals surface area contributed by atoms with Crippen molar-refractivity contribution in [3.05, 3.63) is 47.2 Å². The van der Waals surface area contributed by atoms with Gasteiger partial charge in [-0.15, -0.1) is 15.6 Å². The maximum absolute atomic E-state index is 13.3. The average molecular weight is 809 g/mol. The second kappa shape index (κ2) is 17.2. The number of ether oxygens (including phenoxy) is 1. The van der Waals surface area contributed by atoms with Crippen LogP contribution in [0.4, 0.5) is 18.3 Å². The summed E-state index contributed by atoms with van der Waals surface area (Å²) in [5.74, 6) is -6.87. The second-order valence-corrected chi connectivity index (χ2v) is 13.7. The summed E-state index contributed by atoms with van der Waals surface area (Å²) < 4.78 is 76.3. The molecule has 2 atom stereocenters. The maximum atomic E-state index is 13.3. The Kier molecular flexibility index (Phi) is 13.7. The molecule has 1 saturated heterocycles. The van der Waals surface area contributed by atoms with Crippen molar-refractivity contribution in [1.82, 2.24) is 19.2 Å². The van der Waals surface area contributed by atoms with Gasteiger partial charge in [0.15, 0.2) is 16.6 Å². The molecule has 0 saturated carbocycles. The Balaban J connectivity index is 0.00000102. The molecule has 0 unspecified atom stereocenters. The van der Waals surface area contributed by atoms with E-state index in [1.54, 1.807) is 35.9 Å². The molecule has 0 spiro atoms. The summed E-state index contributed by atoms with van der Waals surface area (Å²) in [5, 5.41) is 32.5. The van der Waals surface area contributed by atoms with E-state index in [1.165, 1.54) is 19.2 Å². The van der Waals surface area contributed by atoms with E-state index in [9.17, 15) is 41.1 Å². The lowest BCUT2D eigenvalue weighted by Crippen LogP contribution is -2.68. The monoisotopic (exact) mass is 808 g/mol. The molecule has 1 amide bonds. The first kappa shape index (κ1) is 43.0. The molecule has 0 aliphatic carbocycles. The van der Waals surface area contributed by atoms with Crippen LogP contribution in [0.15, 0.2) is 41.0 Å². The van der Waals surface area contributed by atoms with Gasteiger partial charge < -0.3 is 45.2 Å². The number of Topliss-reactive ketones (excluding diaryl/α,β-unsaturated/α-hetero) is 1. The van der Waals surface area contributed by atoms with E-state index in [4.69, 9.17) is 35.2 Å². The first-order chi connectivity index (χ1) is 25.0. The molecule has 25 heteroatoms. The molecule has 1 aliphatic heterocycles. The van der Waals surface area contributed by atoms with Gasteiger partial charge in [0.05, 0.1) is 23.7 Å². The standard InChI is InChI=1S/C27H34N8O10S2.C2HF3O2/c1-27(2)17(23(37)35(27)45-47(40,41)42)11-20(36)22(18-14-46-25(29)31-18)32-44-21(24(38)39)13-43-16-7-5-15(6-8-16)19-12-34(10-4-9-28)26(30)33(19)3;3-2(4,5)1(6)7/h5-8,12,14,17,21,30H,4,9-11,13,28H2,1-3H3,(H2,29,31)(H,38,39)(H,40,41,42);(H,6,7)/b30-26?,32-22-;/t17-,21+;/m1./s1. The number of halogens is 3. The molecule has 1 aromatic carbocycles. The number of oxime groups is 1. The molecule has 0 radical (unpaired) electrons. The number of hydrogen-bond donors (Lipinski definition) is 5. The topological polar surface area (TPSA) is 309 Å². The Morgan fingerprint density at radius 2 is 1.85 bits per heavy atom. The van der Waals surface area contributed by atoms with Crippen LogP contribution in [0.25, 0.3) is 11.3 Å². The fourth-order valence-electron chi connectivity index (χ4n) is 4.77. The van der Waals surface area contributed by atoms with Crippen molar-refractivity contribution in [3.8, 4) is 17.0 Å². The lowest BCUT2D eigenvalue weighted by molar-refractivity contribution is -0.368. The maximum Gasteiger partial charge on any atom is 0.430 e. The summed E-state index contributed by atoms with van der Waals surface area (Å²) in [7, 11) is -3.21. The van der Waals surface area contributed by atoms with Gasteiger partial charge in [-0.2, -0.15) is 26.7 Å². The molecular weight excluding hydrogens is 773 g/mol. The SMILES string of the molecule is Cn1c(-c2ccc(OC[C@H](O/N=C(\C(=O)C[C@@H]3C(=O)N(OS(=O)(=O)O)C3(C)C)c3csc(N)n3)C(=O)O)cc2)cn(CCC[NH3+])c1=N.O=C([O-])C(F)(F)F. The number of β-lactam (4-membered cyclic amide) rings is 1. The molecular formula is C29H35F3N8O12S2. The molecule has 3 aromatic rings. The van der Waals surface area contributed by atoms with E-state index in [2.05, 4.69) is 20.2 Å². The smallest absolute Gasteiger partial charge is 0.430 e. The number of ketones is 1. The van der Waals surface area contributed by atoms with E-state index in [0.29, 0.717) is 23.0 Å². The Bertz CT molecular complexity index is 2060. The summed E-state index contributed by atoms with van der Waals surface area (Å²) in [6.07, 6.45) is -4.65. The molecule has 20 nitrogen and oxygen atoms in total. The van der Waals surface area contributed by atoms with Crippen molar-refractivity contribution < 1.29 is 75.1 Å². The number of nitrogens with zero attached hydrogens (tertiary/aromatic N) is 5. The van der Waals surface area contributed by atoms with Crippen LogP contribution in [-0.4, -0.2) is 97.6 Å². The minimum absolute atomic E-state index is 0.0297. The number of nitrogen functional groups attached to an aromatic ring is 1. The number of alkyl halides is 3. The number of imidazole rings is 1. The van der Waals surface area contributed by atoms with Crippen LogP contribution in [0.3, 0.4) is 0 Å². The zero-order valence-corrected chi connectivity index (χ0v) is 30.2. The van der Waals surface area contributed by atoms with Gasteiger partial charge in [0.25, 0.3) is 12.0 Å². The number of nitrogens with one attached hydrogen (secondary N) is 1. The molecule has 4 rings (SSSR count). The number of anilines is 1. The predicted molar refractivity (Wildman–Crippen MR) is 176 cm³/mol. The van der Waals surface area contributed by atoms with Crippen LogP contribution in [0.5, 0.6) is 5.75 Å². The third-order valence-electron chi connectivity index (χ3n) is 7.67. The summed E-state index contributed by atoms with van der Waals surface area (Å²) in [6.45, 7) is 3.76. The number of benzene rings is 1. The number of amides is 1. The van der Waals surface area contributed by atoms with Gasteiger partial charge in [0.2, 0.25) is 5.62 Å². The Hall–Kier alpha value is -5.37. The molecule has 1 aliphatic rings. The molecule has 0 bridgehead atoms. The van der Waals surface area contributed by atoms with Crippen molar-refractivity contribution in [3.63, 3.8) is 0 Å². The first-order valence-electron chi connectivity index (χ1n) is 15.3. The highest BCUT2D eigenvalue weighted by molar-refractivity contribution is 7.80. The Morgan fingerprint density at radius 3 is 2.33 bits per heavy atom. The Labute approximate surface area is 307 Å². The normalized spacial score (nSPS) is 16.1. The Morgan fingerprint density at radius 1 is 1.24 bits per heavy atom. The van der Waals surface area contributed by atoms with E-state index in [1.807, 2.05) is 10.8 Å². The van der Waals surface area contributed by atoms with Crippen LogP contribution in [0, 0.1) is 11.3 Å². The van der Waals surface area contributed by atoms with Gasteiger partial charge >= 0.3 is 22.5 Å². The van der Waals surface area contributed by atoms with E-state index < -0.39 is 76.5 Å². The number of thiazole rings is 1. The number of carboxylic acids is 2. The number of rotatable bonds is 16. The van der Waals surface area contributed by atoms with Gasteiger partial charge in [0.1, 0.15) is 24.0 Å². The number of carboxylic acid groups (broad SMARTS) is 2. The molecule has 3 heterocycles. The van der Waals surface area contributed by atoms with E-state index in [0.717, 1.165) is 35.6 Å². The van der Waals surface area contributed by atoms with Crippen LogP contribution in [0.2, 0.25) is 0 Å². The zero-order valence-electron chi connectivity index (χ0n) is 28.6. The van der Waals surface area contributed by atoms with Gasteiger partial charge in [-0.3, -0.25) is 19.6 Å². The van der Waals surface area contributed by atoms with Gasteiger partial charge in [-0.1, -0.05) is 5.16 Å². The number of nitrogens with two attached hydrogens (primary N) is 1. The molecule has 2 aromatic heterocycles.